The minimum atomic E-state index is -1.28. The summed E-state index contributed by atoms with van der Waals surface area (Å²) in [6, 6.07) is 5.91. The molecule has 2 saturated heterocycles. The third kappa shape index (κ3) is 2.93. The van der Waals surface area contributed by atoms with Gasteiger partial charge in [-0.25, -0.2) is 0 Å². The molecular weight excluding hydrogens is 434 g/mol. The van der Waals surface area contributed by atoms with E-state index in [1.165, 1.54) is 4.90 Å². The zero-order valence-electron chi connectivity index (χ0n) is 17.6. The summed E-state index contributed by atoms with van der Waals surface area (Å²) in [5.41, 5.74) is -0.637. The van der Waals surface area contributed by atoms with Crippen LogP contribution in [-0.2, 0) is 19.1 Å². The fourth-order valence-corrected chi connectivity index (χ4v) is 5.59. The maximum absolute atomic E-state index is 13.9. The average Bonchev–Trinajstić information content (AvgIpc) is 3.09. The van der Waals surface area contributed by atoms with Crippen LogP contribution in [0.1, 0.15) is 0 Å². The number of aliphatic hydroxyl groups excluding tert-OH is 1. The molecule has 4 aliphatic rings. The molecule has 0 radical (unpaired) electrons. The van der Waals surface area contributed by atoms with Crippen molar-refractivity contribution in [2.75, 3.05) is 38.2 Å². The second-order valence-corrected chi connectivity index (χ2v) is 9.01. The molecule has 0 aliphatic carbocycles. The molecule has 1 aromatic carbocycles. The number of amides is 3. The Hall–Kier alpha value is -2.68. The molecule has 5 atom stereocenters. The van der Waals surface area contributed by atoms with Crippen molar-refractivity contribution in [2.45, 2.75) is 17.7 Å². The number of likely N-dealkylation sites (tertiary alicyclic amines) is 1. The normalized spacial score (nSPS) is 33.8. The lowest BCUT2D eigenvalue weighted by Gasteiger charge is -2.35. The van der Waals surface area contributed by atoms with Gasteiger partial charge < -0.3 is 24.5 Å². The van der Waals surface area contributed by atoms with Crippen LogP contribution in [0, 0.1) is 11.8 Å². The molecular formula is C23H24ClN3O5. The van der Waals surface area contributed by atoms with Crippen LogP contribution in [0.4, 0.5) is 5.69 Å². The second-order valence-electron chi connectivity index (χ2n) is 8.57. The number of carbonyl (C=O) groups is 3. The summed E-state index contributed by atoms with van der Waals surface area (Å²) in [5.74, 6) is -2.41. The van der Waals surface area contributed by atoms with E-state index >= 15 is 0 Å². The van der Waals surface area contributed by atoms with Gasteiger partial charge in [0.1, 0.15) is 11.6 Å². The maximum atomic E-state index is 13.9. The van der Waals surface area contributed by atoms with Crippen LogP contribution in [-0.4, -0.2) is 83.7 Å². The van der Waals surface area contributed by atoms with Gasteiger partial charge in [-0.1, -0.05) is 35.9 Å². The number of nitrogens with zero attached hydrogens (tertiary/aromatic N) is 3. The van der Waals surface area contributed by atoms with Gasteiger partial charge in [-0.2, -0.15) is 0 Å². The van der Waals surface area contributed by atoms with E-state index in [-0.39, 0.29) is 37.4 Å². The van der Waals surface area contributed by atoms with Gasteiger partial charge in [0.2, 0.25) is 11.8 Å². The number of carbonyl (C=O) groups excluding carboxylic acids is 3. The van der Waals surface area contributed by atoms with E-state index in [0.29, 0.717) is 17.3 Å². The number of likely N-dealkylation sites (N-methyl/N-ethyl adjacent to an activating group) is 1. The largest absolute Gasteiger partial charge is 0.395 e. The zero-order valence-corrected chi connectivity index (χ0v) is 18.3. The first-order valence-electron chi connectivity index (χ1n) is 10.6. The van der Waals surface area contributed by atoms with E-state index in [9.17, 15) is 19.5 Å². The topological polar surface area (TPSA) is 90.4 Å². The van der Waals surface area contributed by atoms with Gasteiger partial charge in [0.05, 0.1) is 24.5 Å². The summed E-state index contributed by atoms with van der Waals surface area (Å²) in [4.78, 5) is 45.2. The van der Waals surface area contributed by atoms with Crippen LogP contribution in [0.3, 0.4) is 0 Å². The quantitative estimate of drug-likeness (QED) is 0.679. The number of halogens is 1. The molecule has 0 bridgehead atoms. The molecule has 1 N–H and O–H groups in total. The lowest BCUT2D eigenvalue weighted by molar-refractivity contribution is -0.144. The Morgan fingerprint density at radius 1 is 1.09 bits per heavy atom. The molecule has 3 amide bonds. The average molecular weight is 458 g/mol. The lowest BCUT2D eigenvalue weighted by atomic mass is 9.77. The van der Waals surface area contributed by atoms with Crippen LogP contribution in [0.5, 0.6) is 0 Å². The molecule has 9 heteroatoms. The van der Waals surface area contributed by atoms with Crippen LogP contribution in [0.25, 0.3) is 0 Å². The van der Waals surface area contributed by atoms with Gasteiger partial charge in [0, 0.05) is 37.4 Å². The molecule has 2 fully saturated rings. The summed E-state index contributed by atoms with van der Waals surface area (Å²) < 4.78 is 6.45. The number of β-amino-alcohol motifs (C(OH)–C–C–N with tert-alkyl or cyclic N) is 1. The van der Waals surface area contributed by atoms with E-state index in [1.54, 1.807) is 47.2 Å². The zero-order chi connectivity index (χ0) is 22.6. The van der Waals surface area contributed by atoms with Crippen molar-refractivity contribution in [2.24, 2.45) is 11.8 Å². The molecule has 5 rings (SSSR count). The molecule has 32 heavy (non-hydrogen) atoms. The number of aliphatic hydroxyl groups is 1. The van der Waals surface area contributed by atoms with Gasteiger partial charge in [0.15, 0.2) is 0 Å². The number of ether oxygens (including phenoxy) is 1. The Labute approximate surface area is 190 Å². The Morgan fingerprint density at radius 2 is 1.84 bits per heavy atom. The highest BCUT2D eigenvalue weighted by Crippen LogP contribution is 2.53. The number of hydrogen-bond acceptors (Lipinski definition) is 5. The summed E-state index contributed by atoms with van der Waals surface area (Å²) in [6.45, 7) is 0.405. The van der Waals surface area contributed by atoms with Crippen molar-refractivity contribution in [3.05, 3.63) is 53.6 Å². The first-order valence-corrected chi connectivity index (χ1v) is 11.0. The molecule has 4 aliphatic heterocycles. The standard InChI is InChI=1S/C23H24ClN3O5/c1-25-10-2-4-16-17(20(25)29)18-21(30)27(12-13-28)19-22(31)26(11-3-9-23(18,19)32-16)15-7-5-14(24)6-8-15/h2-9,16-19,28H,10-13H2,1H3/t16-,17+,18+,19?,23+/m1/s1. The Bertz CT molecular complexity index is 1020. The van der Waals surface area contributed by atoms with E-state index < -0.39 is 29.6 Å². The number of rotatable bonds is 3. The molecule has 1 spiro atoms. The molecule has 1 aromatic rings. The smallest absolute Gasteiger partial charge is 0.253 e. The Morgan fingerprint density at radius 3 is 2.56 bits per heavy atom. The summed E-state index contributed by atoms with van der Waals surface area (Å²) in [7, 11) is 1.69. The predicted molar refractivity (Wildman–Crippen MR) is 117 cm³/mol. The lowest BCUT2D eigenvalue weighted by Crippen LogP contribution is -2.55. The van der Waals surface area contributed by atoms with E-state index in [1.807, 2.05) is 18.2 Å². The number of hydrogen-bond donors (Lipinski definition) is 1. The summed E-state index contributed by atoms with van der Waals surface area (Å²) >= 11 is 6.01. The maximum Gasteiger partial charge on any atom is 0.253 e. The van der Waals surface area contributed by atoms with Crippen molar-refractivity contribution in [3.63, 3.8) is 0 Å². The third-order valence-corrected chi connectivity index (χ3v) is 7.09. The van der Waals surface area contributed by atoms with Crippen molar-refractivity contribution in [3.8, 4) is 0 Å². The van der Waals surface area contributed by atoms with Gasteiger partial charge in [-0.3, -0.25) is 14.4 Å². The van der Waals surface area contributed by atoms with Crippen LogP contribution in [0.15, 0.2) is 48.6 Å². The third-order valence-electron chi connectivity index (χ3n) is 6.84. The number of anilines is 1. The molecule has 0 saturated carbocycles. The second kappa shape index (κ2) is 7.72. The predicted octanol–water partition coefficient (Wildman–Crippen LogP) is 0.844. The fraction of sp³-hybridized carbons (Fsp3) is 0.435. The molecule has 8 nitrogen and oxygen atoms in total. The Kier molecular flexibility index (Phi) is 5.11. The van der Waals surface area contributed by atoms with Gasteiger partial charge >= 0.3 is 0 Å². The molecule has 1 unspecified atom stereocenters. The minimum Gasteiger partial charge on any atom is -0.395 e. The molecule has 0 aromatic heterocycles. The number of fused-ring (bicyclic) bond motifs is 2. The summed E-state index contributed by atoms with van der Waals surface area (Å²) in [6.07, 6.45) is 6.67. The monoisotopic (exact) mass is 457 g/mol. The van der Waals surface area contributed by atoms with Crippen molar-refractivity contribution >= 4 is 35.0 Å². The Balaban J connectivity index is 1.61. The molecule has 168 valence electrons. The van der Waals surface area contributed by atoms with Crippen molar-refractivity contribution in [1.82, 2.24) is 9.80 Å². The number of benzene rings is 1. The van der Waals surface area contributed by atoms with Crippen molar-refractivity contribution in [1.29, 1.82) is 0 Å². The van der Waals surface area contributed by atoms with Gasteiger partial charge in [0.25, 0.3) is 5.91 Å². The first kappa shape index (κ1) is 21.2. The van der Waals surface area contributed by atoms with Crippen LogP contribution >= 0.6 is 11.6 Å². The first-order chi connectivity index (χ1) is 15.4. The molecule has 4 heterocycles. The highest BCUT2D eigenvalue weighted by molar-refractivity contribution is 6.30. The minimum absolute atomic E-state index is 0.0175. The van der Waals surface area contributed by atoms with E-state index in [0.717, 1.165) is 0 Å². The highest BCUT2D eigenvalue weighted by Gasteiger charge is 2.71. The summed E-state index contributed by atoms with van der Waals surface area (Å²) in [5, 5.41) is 10.2. The van der Waals surface area contributed by atoms with Gasteiger partial charge in [-0.05, 0) is 24.3 Å². The van der Waals surface area contributed by atoms with Gasteiger partial charge in [-0.15, -0.1) is 0 Å². The SMILES string of the molecule is CN1CC=C[C@H]2O[C@]34C=CCN(c5ccc(Cl)cc5)C(=O)C3N(CCO)C(=O)[C@@H]4[C@H]2C1=O. The fourth-order valence-electron chi connectivity index (χ4n) is 5.46. The van der Waals surface area contributed by atoms with E-state index in [2.05, 4.69) is 0 Å². The van der Waals surface area contributed by atoms with Crippen LogP contribution < -0.4 is 4.90 Å². The van der Waals surface area contributed by atoms with Crippen LogP contribution in [0.2, 0.25) is 5.02 Å². The van der Waals surface area contributed by atoms with E-state index in [4.69, 9.17) is 16.3 Å². The highest BCUT2D eigenvalue weighted by atomic mass is 35.5. The van der Waals surface area contributed by atoms with Crippen molar-refractivity contribution < 1.29 is 24.2 Å².